The number of allylic oxidation sites excluding steroid dienone is 8. The molecular weight excluding hydrogens is 320 g/mol. The number of hydrogen-bond donors (Lipinski definition) is 0. The van der Waals surface area contributed by atoms with Crippen LogP contribution in [0.5, 0.6) is 0 Å². The molecule has 0 radical (unpaired) electrons. The van der Waals surface area contributed by atoms with Crippen molar-refractivity contribution < 1.29 is 0 Å². The summed E-state index contributed by atoms with van der Waals surface area (Å²) < 4.78 is 0. The molecule has 0 fully saturated rings. The van der Waals surface area contributed by atoms with Crippen molar-refractivity contribution in [2.75, 3.05) is 5.33 Å². The molecule has 0 bridgehead atoms. The molecular formula is C20H33Br. The molecule has 0 spiro atoms. The van der Waals surface area contributed by atoms with E-state index in [0.717, 1.165) is 24.6 Å². The van der Waals surface area contributed by atoms with E-state index in [-0.39, 0.29) is 0 Å². The zero-order valence-corrected chi connectivity index (χ0v) is 15.4. The van der Waals surface area contributed by atoms with Gasteiger partial charge < -0.3 is 0 Å². The van der Waals surface area contributed by atoms with E-state index in [0.29, 0.717) is 0 Å². The average Bonchev–Trinajstić information content (AvgIpc) is 2.50. The SMILES string of the molecule is CCCCC/C=C\C/C=C\C/C=C\CCC/C=C\CCBr. The molecule has 1 heteroatoms. The first kappa shape index (κ1) is 20.4. The lowest BCUT2D eigenvalue weighted by Crippen LogP contribution is -1.71. The highest BCUT2D eigenvalue weighted by molar-refractivity contribution is 9.09. The quantitative estimate of drug-likeness (QED) is 0.172. The molecule has 0 unspecified atom stereocenters. The van der Waals surface area contributed by atoms with Crippen LogP contribution in [-0.2, 0) is 0 Å². The number of rotatable bonds is 14. The van der Waals surface area contributed by atoms with Crippen LogP contribution in [0.4, 0.5) is 0 Å². The predicted molar refractivity (Wildman–Crippen MR) is 102 cm³/mol. The maximum Gasteiger partial charge on any atom is 0.00659 e. The first-order valence-corrected chi connectivity index (χ1v) is 9.70. The van der Waals surface area contributed by atoms with Crippen molar-refractivity contribution in [1.29, 1.82) is 0 Å². The molecule has 120 valence electrons. The molecule has 0 saturated carbocycles. The Balaban J connectivity index is 3.32. The molecule has 0 rings (SSSR count). The molecule has 0 nitrogen and oxygen atoms in total. The minimum atomic E-state index is 1.07. The second-order valence-corrected chi connectivity index (χ2v) is 6.05. The summed E-state index contributed by atoms with van der Waals surface area (Å²) in [5.74, 6) is 0. The van der Waals surface area contributed by atoms with Crippen LogP contribution in [0.1, 0.15) is 71.1 Å². The first-order chi connectivity index (χ1) is 10.4. The summed E-state index contributed by atoms with van der Waals surface area (Å²) in [4.78, 5) is 0. The van der Waals surface area contributed by atoms with E-state index < -0.39 is 0 Å². The predicted octanol–water partition coefficient (Wildman–Crippen LogP) is 7.53. The maximum absolute atomic E-state index is 3.42. The monoisotopic (exact) mass is 352 g/mol. The summed E-state index contributed by atoms with van der Waals surface area (Å²) in [6.07, 6.45) is 30.5. The fraction of sp³-hybridized carbons (Fsp3) is 0.600. The van der Waals surface area contributed by atoms with Gasteiger partial charge in [0.1, 0.15) is 0 Å². The third kappa shape index (κ3) is 19.4. The molecule has 21 heavy (non-hydrogen) atoms. The molecule has 0 aliphatic rings. The zero-order chi connectivity index (χ0) is 15.4. The molecule has 0 amide bonds. The van der Waals surface area contributed by atoms with Crippen LogP contribution >= 0.6 is 15.9 Å². The minimum Gasteiger partial charge on any atom is -0.0925 e. The van der Waals surface area contributed by atoms with Crippen molar-refractivity contribution in [3.63, 3.8) is 0 Å². The molecule has 0 heterocycles. The zero-order valence-electron chi connectivity index (χ0n) is 13.8. The van der Waals surface area contributed by atoms with Gasteiger partial charge in [0, 0.05) is 5.33 Å². The highest BCUT2D eigenvalue weighted by Gasteiger charge is 1.82. The molecule has 0 aromatic rings. The van der Waals surface area contributed by atoms with Crippen LogP contribution in [0.15, 0.2) is 48.6 Å². The van der Waals surface area contributed by atoms with Crippen molar-refractivity contribution in [2.45, 2.75) is 71.1 Å². The third-order valence-electron chi connectivity index (χ3n) is 3.20. The molecule has 0 aromatic carbocycles. The van der Waals surface area contributed by atoms with Gasteiger partial charge in [0.15, 0.2) is 0 Å². The molecule has 0 aromatic heterocycles. The van der Waals surface area contributed by atoms with Crippen molar-refractivity contribution in [2.24, 2.45) is 0 Å². The smallest absolute Gasteiger partial charge is 0.00659 e. The lowest BCUT2D eigenvalue weighted by Gasteiger charge is -1.91. The minimum absolute atomic E-state index is 1.07. The van der Waals surface area contributed by atoms with Gasteiger partial charge in [-0.25, -0.2) is 0 Å². The van der Waals surface area contributed by atoms with E-state index >= 15 is 0 Å². The van der Waals surface area contributed by atoms with Crippen molar-refractivity contribution in [1.82, 2.24) is 0 Å². The topological polar surface area (TPSA) is 0 Å². The van der Waals surface area contributed by atoms with Gasteiger partial charge in [-0.2, -0.15) is 0 Å². The normalized spacial score (nSPS) is 12.7. The van der Waals surface area contributed by atoms with E-state index in [9.17, 15) is 0 Å². The number of halogens is 1. The molecule has 0 aliphatic heterocycles. The average molecular weight is 353 g/mol. The lowest BCUT2D eigenvalue weighted by atomic mass is 10.2. The van der Waals surface area contributed by atoms with Crippen molar-refractivity contribution in [3.05, 3.63) is 48.6 Å². The van der Waals surface area contributed by atoms with Crippen LogP contribution in [0.2, 0.25) is 0 Å². The van der Waals surface area contributed by atoms with Gasteiger partial charge in [0.2, 0.25) is 0 Å². The lowest BCUT2D eigenvalue weighted by molar-refractivity contribution is 0.728. The van der Waals surface area contributed by atoms with Crippen LogP contribution in [0, 0.1) is 0 Å². The summed E-state index contributed by atoms with van der Waals surface area (Å²) in [7, 11) is 0. The summed E-state index contributed by atoms with van der Waals surface area (Å²) >= 11 is 3.42. The van der Waals surface area contributed by atoms with E-state index in [4.69, 9.17) is 0 Å². The Labute approximate surface area is 141 Å². The number of alkyl halides is 1. The summed E-state index contributed by atoms with van der Waals surface area (Å²) in [6, 6.07) is 0. The molecule has 0 atom stereocenters. The van der Waals surface area contributed by atoms with Crippen LogP contribution in [0.25, 0.3) is 0 Å². The molecule has 0 saturated heterocycles. The summed E-state index contributed by atoms with van der Waals surface area (Å²) in [6.45, 7) is 2.25. The fourth-order valence-corrected chi connectivity index (χ4v) is 2.21. The second-order valence-electron chi connectivity index (χ2n) is 5.26. The Hall–Kier alpha value is -0.560. The van der Waals surface area contributed by atoms with Gasteiger partial charge in [0.25, 0.3) is 0 Å². The largest absolute Gasteiger partial charge is 0.0925 e. The van der Waals surface area contributed by atoms with E-state index in [1.165, 1.54) is 44.9 Å². The van der Waals surface area contributed by atoms with Crippen LogP contribution < -0.4 is 0 Å². The fourth-order valence-electron chi connectivity index (χ4n) is 1.94. The van der Waals surface area contributed by atoms with Crippen molar-refractivity contribution >= 4 is 15.9 Å². The van der Waals surface area contributed by atoms with Crippen LogP contribution in [-0.4, -0.2) is 5.33 Å². The molecule has 0 N–H and O–H groups in total. The van der Waals surface area contributed by atoms with E-state index in [2.05, 4.69) is 71.5 Å². The van der Waals surface area contributed by atoms with Gasteiger partial charge in [-0.3, -0.25) is 0 Å². The number of unbranched alkanes of at least 4 members (excludes halogenated alkanes) is 5. The molecule has 0 aliphatic carbocycles. The third-order valence-corrected chi connectivity index (χ3v) is 3.66. The Morgan fingerprint density at radius 3 is 1.62 bits per heavy atom. The Morgan fingerprint density at radius 1 is 0.571 bits per heavy atom. The van der Waals surface area contributed by atoms with Gasteiger partial charge in [-0.1, -0.05) is 84.3 Å². The Bertz CT molecular complexity index is 297. The van der Waals surface area contributed by atoms with E-state index in [1.807, 2.05) is 0 Å². The second kappa shape index (κ2) is 19.4. The summed E-state index contributed by atoms with van der Waals surface area (Å²) in [5, 5.41) is 1.07. The van der Waals surface area contributed by atoms with E-state index in [1.54, 1.807) is 0 Å². The first-order valence-electron chi connectivity index (χ1n) is 8.57. The number of hydrogen-bond acceptors (Lipinski definition) is 0. The highest BCUT2D eigenvalue weighted by atomic mass is 79.9. The van der Waals surface area contributed by atoms with Gasteiger partial charge in [0.05, 0.1) is 0 Å². The summed E-state index contributed by atoms with van der Waals surface area (Å²) in [5.41, 5.74) is 0. The Morgan fingerprint density at radius 2 is 1.05 bits per heavy atom. The van der Waals surface area contributed by atoms with Gasteiger partial charge >= 0.3 is 0 Å². The van der Waals surface area contributed by atoms with Gasteiger partial charge in [-0.15, -0.1) is 0 Å². The Kier molecular flexibility index (Phi) is 18.9. The highest BCUT2D eigenvalue weighted by Crippen LogP contribution is 2.02. The van der Waals surface area contributed by atoms with Crippen molar-refractivity contribution in [3.8, 4) is 0 Å². The van der Waals surface area contributed by atoms with Crippen LogP contribution in [0.3, 0.4) is 0 Å². The van der Waals surface area contributed by atoms with Gasteiger partial charge in [-0.05, 0) is 51.4 Å². The standard InChI is InChI=1S/C20H33Br/c1-2-3-4-5-6-7-8-9-10-11-12-13-14-15-16-17-18-19-20-21/h6-7,9-10,12-13,17-18H,2-5,8,11,14-16,19-20H2,1H3/b7-6-,10-9-,13-12-,18-17-. The maximum atomic E-state index is 3.42.